The second kappa shape index (κ2) is 12.0. The maximum Gasteiger partial charge on any atom is 0.0599 e. The Morgan fingerprint density at radius 1 is 0.950 bits per heavy atom. The third-order valence-electron chi connectivity index (χ3n) is 4.10. The topological polar surface area (TPSA) is 15.6 Å². The van der Waals surface area contributed by atoms with Gasteiger partial charge in [0.15, 0.2) is 0 Å². The lowest BCUT2D eigenvalue weighted by Crippen LogP contribution is -2.39. The average Bonchev–Trinajstić information content (AvgIpc) is 2.45. The van der Waals surface area contributed by atoms with E-state index in [0.717, 1.165) is 0 Å². The van der Waals surface area contributed by atoms with Crippen LogP contribution < -0.4 is 0 Å². The van der Waals surface area contributed by atoms with Gasteiger partial charge in [-0.1, -0.05) is 71.8 Å². The minimum absolute atomic E-state index is 0.135. The summed E-state index contributed by atoms with van der Waals surface area (Å²) in [6, 6.07) is 0. The molecule has 0 heterocycles. The first kappa shape index (κ1) is 19.2. The van der Waals surface area contributed by atoms with Crippen molar-refractivity contribution in [3.63, 3.8) is 0 Å². The predicted octanol–water partition coefficient (Wildman–Crippen LogP) is 6.14. The standard InChI is InChI=1S/C18H36N2/c1-6-10-12-14-16-18(5,17-15-13-11-7-2)20(9-4)19-8-3/h8-9H,4,6-7,10-17H2,1-3,5H3/b19-8-. The Labute approximate surface area is 127 Å². The fraction of sp³-hybridized carbons (Fsp3) is 0.833. The van der Waals surface area contributed by atoms with Crippen LogP contribution in [-0.4, -0.2) is 16.8 Å². The monoisotopic (exact) mass is 280 g/mol. The Morgan fingerprint density at radius 2 is 1.45 bits per heavy atom. The minimum atomic E-state index is 0.135. The Bertz CT molecular complexity index is 246. The first-order valence-electron chi connectivity index (χ1n) is 8.55. The van der Waals surface area contributed by atoms with E-state index in [1.807, 2.05) is 19.3 Å². The van der Waals surface area contributed by atoms with Crippen molar-refractivity contribution in [1.82, 2.24) is 5.01 Å². The molecule has 2 heteroatoms. The second-order valence-corrected chi connectivity index (χ2v) is 6.02. The van der Waals surface area contributed by atoms with Crippen molar-refractivity contribution < 1.29 is 0 Å². The normalized spacial score (nSPS) is 12.0. The van der Waals surface area contributed by atoms with Crippen LogP contribution in [0.2, 0.25) is 0 Å². The smallest absolute Gasteiger partial charge is 0.0599 e. The van der Waals surface area contributed by atoms with E-state index >= 15 is 0 Å². The molecule has 20 heavy (non-hydrogen) atoms. The molecule has 0 aromatic carbocycles. The number of nitrogens with zero attached hydrogens (tertiary/aromatic N) is 2. The molecular formula is C18H36N2. The zero-order chi connectivity index (χ0) is 15.3. The van der Waals surface area contributed by atoms with Crippen molar-refractivity contribution in [3.05, 3.63) is 12.8 Å². The molecule has 0 amide bonds. The number of rotatable bonds is 13. The molecule has 0 aliphatic rings. The summed E-state index contributed by atoms with van der Waals surface area (Å²) >= 11 is 0. The van der Waals surface area contributed by atoms with E-state index in [4.69, 9.17) is 0 Å². The summed E-state index contributed by atoms with van der Waals surface area (Å²) in [5.74, 6) is 0. The maximum absolute atomic E-state index is 4.50. The number of hydrazone groups is 1. The summed E-state index contributed by atoms with van der Waals surface area (Å²) in [6.45, 7) is 12.8. The molecule has 0 spiro atoms. The molecule has 0 unspecified atom stereocenters. The van der Waals surface area contributed by atoms with Gasteiger partial charge in [-0.25, -0.2) is 0 Å². The molecule has 0 saturated carbocycles. The minimum Gasteiger partial charge on any atom is -0.268 e. The van der Waals surface area contributed by atoms with E-state index in [2.05, 4.69) is 37.5 Å². The molecular weight excluding hydrogens is 244 g/mol. The molecule has 0 rings (SSSR count). The highest BCUT2D eigenvalue weighted by Gasteiger charge is 2.28. The van der Waals surface area contributed by atoms with Gasteiger partial charge >= 0.3 is 0 Å². The van der Waals surface area contributed by atoms with Gasteiger partial charge in [0.2, 0.25) is 0 Å². The van der Waals surface area contributed by atoms with Crippen molar-refractivity contribution in [2.75, 3.05) is 0 Å². The summed E-state index contributed by atoms with van der Waals surface area (Å²) in [6.07, 6.45) is 16.7. The van der Waals surface area contributed by atoms with Crippen LogP contribution in [-0.2, 0) is 0 Å². The lowest BCUT2D eigenvalue weighted by Gasteiger charge is -2.37. The molecule has 0 aliphatic carbocycles. The number of hydrogen-bond donors (Lipinski definition) is 0. The molecule has 0 N–H and O–H groups in total. The first-order chi connectivity index (χ1) is 9.64. The Balaban J connectivity index is 4.51. The van der Waals surface area contributed by atoms with Crippen molar-refractivity contribution >= 4 is 6.21 Å². The fourth-order valence-electron chi connectivity index (χ4n) is 2.75. The van der Waals surface area contributed by atoms with Crippen LogP contribution in [0.3, 0.4) is 0 Å². The highest BCUT2D eigenvalue weighted by atomic mass is 15.5. The first-order valence-corrected chi connectivity index (χ1v) is 8.55. The fourth-order valence-corrected chi connectivity index (χ4v) is 2.75. The second-order valence-electron chi connectivity index (χ2n) is 6.02. The highest BCUT2D eigenvalue weighted by molar-refractivity contribution is 5.52. The Morgan fingerprint density at radius 3 is 1.80 bits per heavy atom. The van der Waals surface area contributed by atoms with Gasteiger partial charge in [-0.15, -0.1) is 0 Å². The van der Waals surface area contributed by atoms with E-state index < -0.39 is 0 Å². The van der Waals surface area contributed by atoms with Crippen LogP contribution in [0, 0.1) is 0 Å². The van der Waals surface area contributed by atoms with Crippen molar-refractivity contribution in [2.45, 2.75) is 97.4 Å². The molecule has 0 bridgehead atoms. The zero-order valence-corrected chi connectivity index (χ0v) is 14.3. The van der Waals surface area contributed by atoms with Gasteiger partial charge in [-0.3, -0.25) is 5.01 Å². The Hall–Kier alpha value is -0.790. The van der Waals surface area contributed by atoms with E-state index in [0.29, 0.717) is 0 Å². The molecule has 0 saturated heterocycles. The van der Waals surface area contributed by atoms with Crippen molar-refractivity contribution in [1.29, 1.82) is 0 Å². The van der Waals surface area contributed by atoms with E-state index in [-0.39, 0.29) is 5.54 Å². The highest BCUT2D eigenvalue weighted by Crippen LogP contribution is 2.29. The SMILES string of the molecule is C=CN(/N=C\C)C(C)(CCCCCC)CCCCCC. The summed E-state index contributed by atoms with van der Waals surface area (Å²) in [5.41, 5.74) is 0.135. The lowest BCUT2D eigenvalue weighted by atomic mass is 9.87. The molecule has 0 aromatic heterocycles. The van der Waals surface area contributed by atoms with E-state index in [1.165, 1.54) is 64.2 Å². The van der Waals surface area contributed by atoms with Gasteiger partial charge in [-0.05, 0) is 26.7 Å². The molecule has 0 fully saturated rings. The van der Waals surface area contributed by atoms with Crippen LogP contribution >= 0.6 is 0 Å². The average molecular weight is 280 g/mol. The van der Waals surface area contributed by atoms with Gasteiger partial charge in [0.25, 0.3) is 0 Å². The quantitative estimate of drug-likeness (QED) is 0.225. The summed E-state index contributed by atoms with van der Waals surface area (Å²) in [7, 11) is 0. The van der Waals surface area contributed by atoms with Crippen LogP contribution in [0.15, 0.2) is 17.9 Å². The molecule has 2 nitrogen and oxygen atoms in total. The van der Waals surface area contributed by atoms with Crippen LogP contribution in [0.1, 0.15) is 91.9 Å². The van der Waals surface area contributed by atoms with Gasteiger partial charge in [-0.2, -0.15) is 5.10 Å². The molecule has 0 aliphatic heterocycles. The number of hydrogen-bond acceptors (Lipinski definition) is 2. The zero-order valence-electron chi connectivity index (χ0n) is 14.3. The van der Waals surface area contributed by atoms with Gasteiger partial charge in [0.05, 0.1) is 5.54 Å². The van der Waals surface area contributed by atoms with Gasteiger partial charge in [0.1, 0.15) is 0 Å². The summed E-state index contributed by atoms with van der Waals surface area (Å²) < 4.78 is 0. The third kappa shape index (κ3) is 7.72. The van der Waals surface area contributed by atoms with Crippen LogP contribution in [0.5, 0.6) is 0 Å². The summed E-state index contributed by atoms with van der Waals surface area (Å²) in [5, 5.41) is 6.59. The third-order valence-corrected chi connectivity index (χ3v) is 4.10. The maximum atomic E-state index is 4.50. The van der Waals surface area contributed by atoms with E-state index in [1.54, 1.807) is 0 Å². The Kier molecular flexibility index (Phi) is 11.5. The largest absolute Gasteiger partial charge is 0.268 e. The molecule has 0 radical (unpaired) electrons. The van der Waals surface area contributed by atoms with E-state index in [9.17, 15) is 0 Å². The van der Waals surface area contributed by atoms with Crippen molar-refractivity contribution in [2.24, 2.45) is 5.10 Å². The van der Waals surface area contributed by atoms with Crippen LogP contribution in [0.4, 0.5) is 0 Å². The number of unbranched alkanes of at least 4 members (excludes halogenated alkanes) is 6. The van der Waals surface area contributed by atoms with Crippen molar-refractivity contribution in [3.8, 4) is 0 Å². The molecule has 0 aromatic rings. The molecule has 0 atom stereocenters. The van der Waals surface area contributed by atoms with Gasteiger partial charge in [0, 0.05) is 12.4 Å². The lowest BCUT2D eigenvalue weighted by molar-refractivity contribution is 0.138. The van der Waals surface area contributed by atoms with Crippen LogP contribution in [0.25, 0.3) is 0 Å². The van der Waals surface area contributed by atoms with Gasteiger partial charge < -0.3 is 0 Å². The summed E-state index contributed by atoms with van der Waals surface area (Å²) in [4.78, 5) is 0. The molecule has 118 valence electrons. The predicted molar refractivity (Wildman–Crippen MR) is 92.1 cm³/mol.